The Morgan fingerprint density at radius 2 is 1.94 bits per heavy atom. The van der Waals surface area contributed by atoms with Crippen LogP contribution >= 0.6 is 0 Å². The molecule has 0 aliphatic heterocycles. The molecule has 2 atom stereocenters. The number of rotatable bonds is 5. The highest BCUT2D eigenvalue weighted by Gasteiger charge is 2.19. The first-order chi connectivity index (χ1) is 7.76. The summed E-state index contributed by atoms with van der Waals surface area (Å²) in [6.45, 7) is 9.95. The number of amides is 1. The molecule has 5 heteroatoms. The first-order valence-corrected chi connectivity index (χ1v) is 5.86. The normalized spacial score (nSPS) is 14.6. The van der Waals surface area contributed by atoms with E-state index in [1.165, 1.54) is 0 Å². The molecule has 0 radical (unpaired) electrons. The number of carbonyl (C=O) groups is 1. The molecule has 0 saturated heterocycles. The Hall–Kier alpha value is -1.28. The SMILES string of the molecule is CC(NCCC#N)C(C)NC(=O)OC(C)(C)C. The second-order valence-electron chi connectivity index (χ2n) is 5.09. The van der Waals surface area contributed by atoms with Gasteiger partial charge in [-0.2, -0.15) is 5.26 Å². The van der Waals surface area contributed by atoms with E-state index in [1.807, 2.05) is 34.6 Å². The molecule has 0 bridgehead atoms. The van der Waals surface area contributed by atoms with Crippen LogP contribution in [0.25, 0.3) is 0 Å². The van der Waals surface area contributed by atoms with Crippen LogP contribution < -0.4 is 10.6 Å². The Morgan fingerprint density at radius 1 is 1.35 bits per heavy atom. The molecular weight excluding hydrogens is 218 g/mol. The highest BCUT2D eigenvalue weighted by Crippen LogP contribution is 2.07. The number of nitrogens with zero attached hydrogens (tertiary/aromatic N) is 1. The third-order valence-corrected chi connectivity index (χ3v) is 2.20. The number of alkyl carbamates (subject to hydrolysis) is 1. The fraction of sp³-hybridized carbons (Fsp3) is 0.833. The number of ether oxygens (including phenoxy) is 1. The molecule has 0 heterocycles. The molecule has 0 aliphatic rings. The molecular formula is C12H23N3O2. The van der Waals surface area contributed by atoms with Gasteiger partial charge in [-0.05, 0) is 34.6 Å². The van der Waals surface area contributed by atoms with Crippen molar-refractivity contribution in [2.24, 2.45) is 0 Å². The van der Waals surface area contributed by atoms with Crippen LogP contribution in [0.4, 0.5) is 4.79 Å². The lowest BCUT2D eigenvalue weighted by molar-refractivity contribution is 0.0499. The maximum atomic E-state index is 11.5. The molecule has 0 aromatic carbocycles. The average Bonchev–Trinajstić information content (AvgIpc) is 2.14. The van der Waals surface area contributed by atoms with Gasteiger partial charge in [0.1, 0.15) is 5.60 Å². The van der Waals surface area contributed by atoms with Crippen LogP contribution in [-0.2, 0) is 4.74 Å². The van der Waals surface area contributed by atoms with Gasteiger partial charge in [-0.3, -0.25) is 0 Å². The molecule has 2 unspecified atom stereocenters. The van der Waals surface area contributed by atoms with Gasteiger partial charge < -0.3 is 15.4 Å². The Balaban J connectivity index is 3.95. The second kappa shape index (κ2) is 7.13. The highest BCUT2D eigenvalue weighted by atomic mass is 16.6. The van der Waals surface area contributed by atoms with Gasteiger partial charge >= 0.3 is 6.09 Å². The summed E-state index contributed by atoms with van der Waals surface area (Å²) in [5.74, 6) is 0. The van der Waals surface area contributed by atoms with E-state index in [9.17, 15) is 4.79 Å². The number of nitriles is 1. The Kier molecular flexibility index (Phi) is 6.59. The van der Waals surface area contributed by atoms with Gasteiger partial charge in [0.25, 0.3) is 0 Å². The van der Waals surface area contributed by atoms with Crippen molar-refractivity contribution >= 4 is 6.09 Å². The van der Waals surface area contributed by atoms with Crippen molar-refractivity contribution in [1.82, 2.24) is 10.6 Å². The molecule has 98 valence electrons. The third kappa shape index (κ3) is 8.52. The van der Waals surface area contributed by atoms with Crippen LogP contribution in [0, 0.1) is 11.3 Å². The minimum atomic E-state index is -0.485. The number of carbonyl (C=O) groups excluding carboxylic acids is 1. The first kappa shape index (κ1) is 15.7. The number of nitrogens with one attached hydrogen (secondary N) is 2. The van der Waals surface area contributed by atoms with E-state index in [2.05, 4.69) is 16.7 Å². The Morgan fingerprint density at radius 3 is 2.41 bits per heavy atom. The fourth-order valence-corrected chi connectivity index (χ4v) is 1.15. The molecule has 0 aromatic rings. The van der Waals surface area contributed by atoms with Crippen LogP contribution in [0.1, 0.15) is 41.0 Å². The van der Waals surface area contributed by atoms with E-state index < -0.39 is 11.7 Å². The van der Waals surface area contributed by atoms with Crippen molar-refractivity contribution in [3.8, 4) is 6.07 Å². The molecule has 5 nitrogen and oxygen atoms in total. The van der Waals surface area contributed by atoms with Gasteiger partial charge in [-0.1, -0.05) is 0 Å². The van der Waals surface area contributed by atoms with Gasteiger partial charge in [0, 0.05) is 25.0 Å². The topological polar surface area (TPSA) is 74.2 Å². The minimum Gasteiger partial charge on any atom is -0.444 e. The standard InChI is InChI=1S/C12H23N3O2/c1-9(14-8-6-7-13)10(2)15-11(16)17-12(3,4)5/h9-10,14H,6,8H2,1-5H3,(H,15,16). The summed E-state index contributed by atoms with van der Waals surface area (Å²) in [6.07, 6.45) is 0.0441. The van der Waals surface area contributed by atoms with Crippen LogP contribution in [0.3, 0.4) is 0 Å². The van der Waals surface area contributed by atoms with Crippen LogP contribution in [0.5, 0.6) is 0 Å². The van der Waals surface area contributed by atoms with E-state index in [0.717, 1.165) is 0 Å². The zero-order valence-electron chi connectivity index (χ0n) is 11.3. The van der Waals surface area contributed by atoms with E-state index >= 15 is 0 Å². The van der Waals surface area contributed by atoms with Crippen molar-refractivity contribution in [2.45, 2.75) is 58.7 Å². The summed E-state index contributed by atoms with van der Waals surface area (Å²) in [7, 11) is 0. The third-order valence-electron chi connectivity index (χ3n) is 2.20. The summed E-state index contributed by atoms with van der Waals surface area (Å²) in [4.78, 5) is 11.5. The zero-order chi connectivity index (χ0) is 13.5. The average molecular weight is 241 g/mol. The monoisotopic (exact) mass is 241 g/mol. The molecule has 0 spiro atoms. The molecule has 0 rings (SSSR count). The van der Waals surface area contributed by atoms with E-state index in [1.54, 1.807) is 0 Å². The van der Waals surface area contributed by atoms with Gasteiger partial charge in [0.15, 0.2) is 0 Å². The summed E-state index contributed by atoms with van der Waals surface area (Å²) in [5, 5.41) is 14.3. The van der Waals surface area contributed by atoms with E-state index in [-0.39, 0.29) is 12.1 Å². The Bertz CT molecular complexity index is 278. The van der Waals surface area contributed by atoms with Crippen molar-refractivity contribution in [3.05, 3.63) is 0 Å². The molecule has 0 fully saturated rings. The van der Waals surface area contributed by atoms with Crippen molar-refractivity contribution in [1.29, 1.82) is 5.26 Å². The molecule has 0 aliphatic carbocycles. The molecule has 0 saturated carbocycles. The van der Waals surface area contributed by atoms with Gasteiger partial charge in [0.05, 0.1) is 6.07 Å². The molecule has 0 aromatic heterocycles. The summed E-state index contributed by atoms with van der Waals surface area (Å²) in [5.41, 5.74) is -0.485. The highest BCUT2D eigenvalue weighted by molar-refractivity contribution is 5.68. The molecule has 17 heavy (non-hydrogen) atoms. The summed E-state index contributed by atoms with van der Waals surface area (Å²) in [6, 6.07) is 2.10. The molecule has 2 N–H and O–H groups in total. The predicted octanol–water partition coefficient (Wildman–Crippen LogP) is 1.79. The summed E-state index contributed by atoms with van der Waals surface area (Å²) >= 11 is 0. The van der Waals surface area contributed by atoms with Crippen molar-refractivity contribution < 1.29 is 9.53 Å². The second-order valence-corrected chi connectivity index (χ2v) is 5.09. The largest absolute Gasteiger partial charge is 0.444 e. The lowest BCUT2D eigenvalue weighted by atomic mass is 10.1. The first-order valence-electron chi connectivity index (χ1n) is 5.86. The van der Waals surface area contributed by atoms with Crippen LogP contribution in [0.2, 0.25) is 0 Å². The van der Waals surface area contributed by atoms with Crippen molar-refractivity contribution in [3.63, 3.8) is 0 Å². The molecule has 1 amide bonds. The maximum Gasteiger partial charge on any atom is 0.407 e. The van der Waals surface area contributed by atoms with E-state index in [0.29, 0.717) is 13.0 Å². The van der Waals surface area contributed by atoms with Crippen molar-refractivity contribution in [2.75, 3.05) is 6.54 Å². The van der Waals surface area contributed by atoms with Crippen LogP contribution in [0.15, 0.2) is 0 Å². The lowest BCUT2D eigenvalue weighted by Gasteiger charge is -2.25. The summed E-state index contributed by atoms with van der Waals surface area (Å²) < 4.78 is 5.15. The van der Waals surface area contributed by atoms with Crippen LogP contribution in [-0.4, -0.2) is 30.3 Å². The Labute approximate surface area is 104 Å². The number of hydrogen-bond acceptors (Lipinski definition) is 4. The smallest absolute Gasteiger partial charge is 0.407 e. The maximum absolute atomic E-state index is 11.5. The predicted molar refractivity (Wildman–Crippen MR) is 66.5 cm³/mol. The lowest BCUT2D eigenvalue weighted by Crippen LogP contribution is -2.48. The van der Waals surface area contributed by atoms with Gasteiger partial charge in [-0.25, -0.2) is 4.79 Å². The van der Waals surface area contributed by atoms with Gasteiger partial charge in [0.2, 0.25) is 0 Å². The fourth-order valence-electron chi connectivity index (χ4n) is 1.15. The van der Waals surface area contributed by atoms with Gasteiger partial charge in [-0.15, -0.1) is 0 Å². The minimum absolute atomic E-state index is 0.0523. The zero-order valence-corrected chi connectivity index (χ0v) is 11.3. The number of hydrogen-bond donors (Lipinski definition) is 2. The van der Waals surface area contributed by atoms with E-state index in [4.69, 9.17) is 10.00 Å². The quantitative estimate of drug-likeness (QED) is 0.720.